The average Bonchev–Trinajstić information content (AvgIpc) is 3.43. The Morgan fingerprint density at radius 3 is 1.76 bits per heavy atom. The summed E-state index contributed by atoms with van der Waals surface area (Å²) in [6.07, 6.45) is 8.78. The number of nitrogens with zero attached hydrogens (tertiary/aromatic N) is 4. The third kappa shape index (κ3) is 8.35. The largest absolute Gasteiger partial charge is 0.443 e. The molecule has 2 aliphatic rings. The van der Waals surface area contributed by atoms with E-state index in [-0.39, 0.29) is 18.8 Å². The Bertz CT molecular complexity index is 1370. The Balaban J connectivity index is 0.000000197. The van der Waals surface area contributed by atoms with Gasteiger partial charge in [-0.05, 0) is 102 Å². The first-order valence-corrected chi connectivity index (χ1v) is 14.6. The zero-order chi connectivity index (χ0) is 30.5. The number of fused-ring (bicyclic) bond motifs is 2. The van der Waals surface area contributed by atoms with Crippen LogP contribution in [0.2, 0.25) is 0 Å². The van der Waals surface area contributed by atoms with E-state index in [0.717, 1.165) is 54.7 Å². The lowest BCUT2D eigenvalue weighted by Crippen LogP contribution is -2.39. The van der Waals surface area contributed by atoms with Gasteiger partial charge in [-0.3, -0.25) is 9.80 Å². The molecule has 1 aromatic heterocycles. The first-order valence-electron chi connectivity index (χ1n) is 14.6. The fourth-order valence-corrected chi connectivity index (χ4v) is 5.10. The minimum atomic E-state index is -0.486. The van der Waals surface area contributed by atoms with Crippen molar-refractivity contribution in [2.75, 3.05) is 22.9 Å². The fourth-order valence-electron chi connectivity index (χ4n) is 5.10. The van der Waals surface area contributed by atoms with E-state index in [2.05, 4.69) is 17.1 Å². The molecule has 0 bridgehead atoms. The number of aryl methyl sites for hydroxylation is 2. The lowest BCUT2D eigenvalue weighted by molar-refractivity contribution is 0.0567. The second-order valence-electron chi connectivity index (χ2n) is 12.8. The molecule has 1 N–H and O–H groups in total. The van der Waals surface area contributed by atoms with Crippen LogP contribution in [0.25, 0.3) is 0 Å². The number of hydrogen-bond donors (Lipinski definition) is 1. The lowest BCUT2D eigenvalue weighted by Gasteiger charge is -2.32. The van der Waals surface area contributed by atoms with Crippen LogP contribution < -0.4 is 9.80 Å². The van der Waals surface area contributed by atoms with Crippen molar-refractivity contribution in [1.29, 1.82) is 0 Å². The first-order chi connectivity index (χ1) is 19.8. The maximum Gasteiger partial charge on any atom is 0.414 e. The number of amides is 2. The quantitative estimate of drug-likeness (QED) is 0.383. The monoisotopic (exact) mass is 576 g/mol. The predicted molar refractivity (Wildman–Crippen MR) is 164 cm³/mol. The highest BCUT2D eigenvalue weighted by atomic mass is 16.6. The van der Waals surface area contributed by atoms with Crippen LogP contribution in [0.4, 0.5) is 21.0 Å². The van der Waals surface area contributed by atoms with Crippen LogP contribution in [0.15, 0.2) is 55.1 Å². The van der Waals surface area contributed by atoms with Crippen molar-refractivity contribution in [1.82, 2.24) is 9.55 Å². The second kappa shape index (κ2) is 13.0. The average molecular weight is 577 g/mol. The van der Waals surface area contributed by atoms with Crippen LogP contribution in [-0.2, 0) is 35.5 Å². The summed E-state index contributed by atoms with van der Waals surface area (Å²) in [4.78, 5) is 32.1. The van der Waals surface area contributed by atoms with Gasteiger partial charge >= 0.3 is 12.2 Å². The van der Waals surface area contributed by atoms with Gasteiger partial charge in [-0.25, -0.2) is 14.6 Å². The molecule has 2 aliphatic heterocycles. The number of rotatable bonds is 3. The minimum absolute atomic E-state index is 0.0275. The minimum Gasteiger partial charge on any atom is -0.443 e. The fraction of sp³-hybridized carbons (Fsp3) is 0.485. The molecule has 0 aliphatic carbocycles. The van der Waals surface area contributed by atoms with Crippen molar-refractivity contribution >= 4 is 23.6 Å². The van der Waals surface area contributed by atoms with Gasteiger partial charge in [0.25, 0.3) is 0 Å². The summed E-state index contributed by atoms with van der Waals surface area (Å²) >= 11 is 0. The number of carbonyl (C=O) groups is 2. The van der Waals surface area contributed by atoms with Crippen molar-refractivity contribution < 1.29 is 24.2 Å². The predicted octanol–water partition coefficient (Wildman–Crippen LogP) is 6.49. The van der Waals surface area contributed by atoms with E-state index in [1.165, 1.54) is 11.1 Å². The number of aliphatic hydroxyl groups excluding tert-OH is 1. The molecular weight excluding hydrogens is 532 g/mol. The molecule has 3 heterocycles. The van der Waals surface area contributed by atoms with Gasteiger partial charge in [0.15, 0.2) is 0 Å². The first kappa shape index (κ1) is 31.1. The summed E-state index contributed by atoms with van der Waals surface area (Å²) in [6, 6.07) is 12.0. The summed E-state index contributed by atoms with van der Waals surface area (Å²) in [6.45, 7) is 13.5. The third-order valence-electron chi connectivity index (χ3n) is 6.86. The molecule has 226 valence electrons. The molecule has 0 radical (unpaired) electrons. The van der Waals surface area contributed by atoms with Crippen molar-refractivity contribution in [3.8, 4) is 0 Å². The van der Waals surface area contributed by atoms with E-state index in [9.17, 15) is 9.59 Å². The van der Waals surface area contributed by atoms with E-state index < -0.39 is 11.2 Å². The summed E-state index contributed by atoms with van der Waals surface area (Å²) in [5.74, 6) is 0. The second-order valence-corrected chi connectivity index (χ2v) is 12.8. The van der Waals surface area contributed by atoms with Gasteiger partial charge in [-0.1, -0.05) is 24.3 Å². The highest BCUT2D eigenvalue weighted by Crippen LogP contribution is 2.31. The highest BCUT2D eigenvalue weighted by Gasteiger charge is 2.28. The van der Waals surface area contributed by atoms with Crippen molar-refractivity contribution in [3.05, 3.63) is 77.4 Å². The molecule has 9 nitrogen and oxygen atoms in total. The summed E-state index contributed by atoms with van der Waals surface area (Å²) in [7, 11) is 0. The topological polar surface area (TPSA) is 97.1 Å². The number of carbonyl (C=O) groups excluding carboxylic acids is 2. The molecule has 42 heavy (non-hydrogen) atoms. The van der Waals surface area contributed by atoms with E-state index in [4.69, 9.17) is 14.6 Å². The number of ether oxygens (including phenoxy) is 2. The zero-order valence-corrected chi connectivity index (χ0v) is 25.7. The Kier molecular flexibility index (Phi) is 9.61. The third-order valence-corrected chi connectivity index (χ3v) is 6.86. The van der Waals surface area contributed by atoms with Crippen molar-refractivity contribution in [3.63, 3.8) is 0 Å². The molecular formula is C33H44N4O5. The molecule has 0 unspecified atom stereocenters. The number of benzene rings is 2. The Morgan fingerprint density at radius 2 is 1.31 bits per heavy atom. The van der Waals surface area contributed by atoms with Gasteiger partial charge in [0.05, 0.1) is 24.3 Å². The van der Waals surface area contributed by atoms with Crippen LogP contribution in [0.1, 0.15) is 76.6 Å². The highest BCUT2D eigenvalue weighted by molar-refractivity contribution is 5.90. The van der Waals surface area contributed by atoms with Crippen molar-refractivity contribution in [2.24, 2.45) is 0 Å². The standard InChI is InChI=1S/C18H23N3O2.C15H21NO3/c1-18(2,3)23-17(22)21-9-4-5-15-11-14(6-7-16(15)21)12-20-10-8-19-13-20;1-15(2,3)19-14(18)16-8-4-5-12-9-11(10-17)6-7-13(12)16/h6-8,10-11,13H,4-5,9,12H2,1-3H3;6-7,9,17H,4-5,8,10H2,1-3H3. The molecule has 3 aromatic rings. The zero-order valence-electron chi connectivity index (χ0n) is 25.7. The van der Waals surface area contributed by atoms with Gasteiger partial charge in [0.2, 0.25) is 0 Å². The van der Waals surface area contributed by atoms with Crippen molar-refractivity contribution in [2.45, 2.75) is 91.6 Å². The molecule has 0 fully saturated rings. The van der Waals surface area contributed by atoms with Crippen LogP contribution >= 0.6 is 0 Å². The lowest BCUT2D eigenvalue weighted by atomic mass is 9.99. The Morgan fingerprint density at radius 1 is 0.810 bits per heavy atom. The normalized spacial score (nSPS) is 14.7. The molecule has 5 rings (SSSR count). The van der Waals surface area contributed by atoms with Crippen LogP contribution in [0.3, 0.4) is 0 Å². The van der Waals surface area contributed by atoms with Gasteiger partial charge < -0.3 is 19.1 Å². The molecule has 0 saturated carbocycles. The maximum absolute atomic E-state index is 12.4. The Labute approximate surface area is 249 Å². The molecule has 2 aromatic carbocycles. The smallest absolute Gasteiger partial charge is 0.414 e. The SMILES string of the molecule is CC(C)(C)OC(=O)N1CCCc2cc(CO)ccc21.CC(C)(C)OC(=O)N1CCCc2cc(Cn3ccnc3)ccc21. The van der Waals surface area contributed by atoms with Gasteiger partial charge in [0.1, 0.15) is 11.2 Å². The van der Waals surface area contributed by atoms with Gasteiger partial charge in [-0.15, -0.1) is 0 Å². The number of imidazole rings is 1. The summed E-state index contributed by atoms with van der Waals surface area (Å²) in [5, 5.41) is 9.16. The molecule has 2 amide bonds. The van der Waals surface area contributed by atoms with Crippen LogP contribution in [0, 0.1) is 0 Å². The number of anilines is 2. The maximum atomic E-state index is 12.4. The van der Waals surface area contributed by atoms with Gasteiger partial charge in [0, 0.05) is 32.0 Å². The number of aliphatic hydroxyl groups is 1. The van der Waals surface area contributed by atoms with Gasteiger partial charge in [-0.2, -0.15) is 0 Å². The van der Waals surface area contributed by atoms with Crippen LogP contribution in [0.5, 0.6) is 0 Å². The van der Waals surface area contributed by atoms with E-state index in [1.54, 1.807) is 16.0 Å². The molecule has 0 saturated heterocycles. The van der Waals surface area contributed by atoms with E-state index in [0.29, 0.717) is 13.1 Å². The number of aromatic nitrogens is 2. The molecule has 0 spiro atoms. The Hall–Kier alpha value is -3.85. The molecule has 0 atom stereocenters. The summed E-state index contributed by atoms with van der Waals surface area (Å²) < 4.78 is 13.0. The number of hydrogen-bond acceptors (Lipinski definition) is 6. The molecule has 9 heteroatoms. The van der Waals surface area contributed by atoms with E-state index in [1.807, 2.05) is 82.9 Å². The van der Waals surface area contributed by atoms with E-state index >= 15 is 0 Å². The van der Waals surface area contributed by atoms with Crippen LogP contribution in [-0.4, -0.2) is 51.1 Å². The summed E-state index contributed by atoms with van der Waals surface area (Å²) in [5.41, 5.74) is 5.31.